The molecule has 112 valence electrons. The molecule has 1 aliphatic carbocycles. The van der Waals surface area contributed by atoms with E-state index in [1.165, 1.54) is 69.8 Å². The molecule has 1 fully saturated rings. The fourth-order valence-corrected chi connectivity index (χ4v) is 3.06. The number of carbonyl (C=O) groups excluding carboxylic acids is 1. The highest BCUT2D eigenvalue weighted by atomic mass is 16.1. The van der Waals surface area contributed by atoms with E-state index in [0.717, 1.165) is 5.92 Å². The van der Waals surface area contributed by atoms with Crippen LogP contribution in [0, 0.1) is 5.92 Å². The Bertz CT molecular complexity index is 331. The van der Waals surface area contributed by atoms with Gasteiger partial charge in [0.2, 0.25) is 6.41 Å². The van der Waals surface area contributed by atoms with Crippen molar-refractivity contribution in [3.8, 4) is 0 Å². The molecule has 0 atom stereocenters. The van der Waals surface area contributed by atoms with Crippen molar-refractivity contribution in [2.45, 2.75) is 64.2 Å². The van der Waals surface area contributed by atoms with E-state index in [4.69, 9.17) is 4.79 Å². The summed E-state index contributed by atoms with van der Waals surface area (Å²) in [5.74, 6) is 1.07. The van der Waals surface area contributed by atoms with Crippen LogP contribution in [0.1, 0.15) is 63.4 Å². The Labute approximate surface area is 123 Å². The molecule has 2 rings (SSSR count). The van der Waals surface area contributed by atoms with Gasteiger partial charge in [-0.2, -0.15) is 0 Å². The molecule has 1 aliphatic rings. The number of aryl methyl sites for hydroxylation is 1. The highest BCUT2D eigenvalue weighted by Crippen LogP contribution is 2.27. The fourth-order valence-electron chi connectivity index (χ4n) is 3.06. The first-order valence-electron chi connectivity index (χ1n) is 8.06. The van der Waals surface area contributed by atoms with E-state index in [-0.39, 0.29) is 6.41 Å². The van der Waals surface area contributed by atoms with Crippen LogP contribution in [0.4, 0.5) is 0 Å². The Morgan fingerprint density at radius 3 is 2.30 bits per heavy atom. The standard InChI is InChI=1S/C17H26.CH3NO/c1-4-10-16(11-5-1)14-8-3-9-15-17-12-6-2-7-13-17;2-1-3/h1,4-5,10-11,17H,2-3,6-9,12-15H2;1H,(H2,2,3). The van der Waals surface area contributed by atoms with Crippen molar-refractivity contribution in [1.29, 1.82) is 0 Å². The zero-order chi connectivity index (χ0) is 14.5. The van der Waals surface area contributed by atoms with Crippen molar-refractivity contribution in [3.63, 3.8) is 0 Å². The van der Waals surface area contributed by atoms with Crippen molar-refractivity contribution in [2.24, 2.45) is 11.7 Å². The molecule has 0 aromatic heterocycles. The summed E-state index contributed by atoms with van der Waals surface area (Å²) < 4.78 is 0. The Balaban J connectivity index is 0.000000612. The van der Waals surface area contributed by atoms with Crippen molar-refractivity contribution in [2.75, 3.05) is 0 Å². The molecule has 0 bridgehead atoms. The first kappa shape index (κ1) is 16.7. The van der Waals surface area contributed by atoms with Gasteiger partial charge >= 0.3 is 0 Å². The average Bonchev–Trinajstić information content (AvgIpc) is 2.50. The summed E-state index contributed by atoms with van der Waals surface area (Å²) in [7, 11) is 0. The third-order valence-electron chi connectivity index (χ3n) is 4.15. The molecule has 0 saturated heterocycles. The summed E-state index contributed by atoms with van der Waals surface area (Å²) in [5, 5.41) is 0. The van der Waals surface area contributed by atoms with Crippen LogP contribution in [0.5, 0.6) is 0 Å². The van der Waals surface area contributed by atoms with Crippen molar-refractivity contribution in [3.05, 3.63) is 35.9 Å². The zero-order valence-corrected chi connectivity index (χ0v) is 12.6. The maximum atomic E-state index is 8.58. The normalized spacial score (nSPS) is 15.2. The summed E-state index contributed by atoms with van der Waals surface area (Å²) in [6.45, 7) is 0. The van der Waals surface area contributed by atoms with Crippen molar-refractivity contribution < 1.29 is 4.79 Å². The van der Waals surface area contributed by atoms with Crippen LogP contribution in [0.15, 0.2) is 30.3 Å². The Morgan fingerprint density at radius 2 is 1.65 bits per heavy atom. The van der Waals surface area contributed by atoms with Gasteiger partial charge in [0.05, 0.1) is 0 Å². The molecule has 2 nitrogen and oxygen atoms in total. The van der Waals surface area contributed by atoms with Crippen LogP contribution < -0.4 is 5.73 Å². The minimum absolute atomic E-state index is 0.250. The maximum Gasteiger partial charge on any atom is 0.204 e. The topological polar surface area (TPSA) is 43.1 Å². The molecule has 1 amide bonds. The van der Waals surface area contributed by atoms with Gasteiger partial charge in [-0.25, -0.2) is 0 Å². The van der Waals surface area contributed by atoms with Gasteiger partial charge in [0.25, 0.3) is 0 Å². The first-order chi connectivity index (χ1) is 9.86. The van der Waals surface area contributed by atoms with Crippen LogP contribution in [-0.2, 0) is 11.2 Å². The number of hydrogen-bond acceptors (Lipinski definition) is 1. The maximum absolute atomic E-state index is 8.58. The number of nitrogens with two attached hydrogens (primary N) is 1. The first-order valence-corrected chi connectivity index (χ1v) is 8.06. The Hall–Kier alpha value is -1.31. The van der Waals surface area contributed by atoms with E-state index in [2.05, 4.69) is 36.1 Å². The molecule has 1 aromatic rings. The third kappa shape index (κ3) is 7.98. The molecular weight excluding hydrogens is 246 g/mol. The molecule has 20 heavy (non-hydrogen) atoms. The molecule has 0 radical (unpaired) electrons. The molecule has 1 aromatic carbocycles. The van der Waals surface area contributed by atoms with Crippen LogP contribution in [0.25, 0.3) is 0 Å². The number of hydrogen-bond donors (Lipinski definition) is 1. The SMILES string of the molecule is NC=O.c1ccc(CCCCCC2CCCCC2)cc1. The smallest absolute Gasteiger partial charge is 0.204 e. The molecule has 0 spiro atoms. The molecule has 1 saturated carbocycles. The largest absolute Gasteiger partial charge is 0.372 e. The van der Waals surface area contributed by atoms with E-state index in [1.807, 2.05) is 0 Å². The summed E-state index contributed by atoms with van der Waals surface area (Å²) in [4.78, 5) is 8.58. The van der Waals surface area contributed by atoms with Crippen molar-refractivity contribution >= 4 is 6.41 Å². The molecular formula is C18H29NO. The van der Waals surface area contributed by atoms with Gasteiger partial charge in [-0.15, -0.1) is 0 Å². The van der Waals surface area contributed by atoms with Crippen LogP contribution in [0.3, 0.4) is 0 Å². The quantitative estimate of drug-likeness (QED) is 0.604. The number of benzene rings is 1. The fraction of sp³-hybridized carbons (Fsp3) is 0.611. The second-order valence-corrected chi connectivity index (χ2v) is 5.73. The lowest BCUT2D eigenvalue weighted by molar-refractivity contribution is -0.106. The van der Waals surface area contributed by atoms with Gasteiger partial charge in [0.15, 0.2) is 0 Å². The minimum atomic E-state index is 0.250. The predicted octanol–water partition coefficient (Wildman–Crippen LogP) is 4.47. The molecule has 2 heteroatoms. The highest BCUT2D eigenvalue weighted by molar-refractivity contribution is 5.42. The van der Waals surface area contributed by atoms with E-state index in [0.29, 0.717) is 0 Å². The van der Waals surface area contributed by atoms with E-state index in [1.54, 1.807) is 0 Å². The molecule has 0 heterocycles. The van der Waals surface area contributed by atoms with Crippen LogP contribution in [-0.4, -0.2) is 6.41 Å². The van der Waals surface area contributed by atoms with Gasteiger partial charge < -0.3 is 5.73 Å². The molecule has 2 N–H and O–H groups in total. The van der Waals surface area contributed by atoms with Gasteiger partial charge in [-0.3, -0.25) is 4.79 Å². The monoisotopic (exact) mass is 275 g/mol. The van der Waals surface area contributed by atoms with Crippen LogP contribution >= 0.6 is 0 Å². The van der Waals surface area contributed by atoms with Gasteiger partial charge in [0.1, 0.15) is 0 Å². The number of primary amides is 1. The third-order valence-corrected chi connectivity index (χ3v) is 4.15. The lowest BCUT2D eigenvalue weighted by atomic mass is 9.85. The molecule has 0 aliphatic heterocycles. The number of unbranched alkanes of at least 4 members (excludes halogenated alkanes) is 2. The Kier molecular flexibility index (Phi) is 9.64. The van der Waals surface area contributed by atoms with Crippen LogP contribution in [0.2, 0.25) is 0 Å². The second-order valence-electron chi connectivity index (χ2n) is 5.73. The van der Waals surface area contributed by atoms with E-state index in [9.17, 15) is 0 Å². The number of amides is 1. The lowest BCUT2D eigenvalue weighted by Crippen LogP contribution is -2.05. The van der Waals surface area contributed by atoms with E-state index < -0.39 is 0 Å². The lowest BCUT2D eigenvalue weighted by Gasteiger charge is -2.21. The number of carbonyl (C=O) groups is 1. The zero-order valence-electron chi connectivity index (χ0n) is 12.6. The minimum Gasteiger partial charge on any atom is -0.372 e. The highest BCUT2D eigenvalue weighted by Gasteiger charge is 2.12. The summed E-state index contributed by atoms with van der Waals surface area (Å²) >= 11 is 0. The summed E-state index contributed by atoms with van der Waals surface area (Å²) in [6, 6.07) is 10.9. The van der Waals surface area contributed by atoms with Gasteiger partial charge in [0, 0.05) is 0 Å². The summed E-state index contributed by atoms with van der Waals surface area (Å²) in [6.07, 6.45) is 14.8. The summed E-state index contributed by atoms with van der Waals surface area (Å²) in [5.41, 5.74) is 5.67. The van der Waals surface area contributed by atoms with Crippen molar-refractivity contribution in [1.82, 2.24) is 0 Å². The van der Waals surface area contributed by atoms with Gasteiger partial charge in [-0.1, -0.05) is 81.7 Å². The van der Waals surface area contributed by atoms with E-state index >= 15 is 0 Å². The average molecular weight is 275 g/mol. The predicted molar refractivity (Wildman–Crippen MR) is 85.4 cm³/mol. The second kappa shape index (κ2) is 11.5. The van der Waals surface area contributed by atoms with Gasteiger partial charge in [-0.05, 0) is 24.3 Å². The Morgan fingerprint density at radius 1 is 1.00 bits per heavy atom. The molecule has 0 unspecified atom stereocenters. The number of rotatable bonds is 6.